The lowest BCUT2D eigenvalue weighted by Crippen LogP contribution is -2.47. The Kier molecular flexibility index (Phi) is 8.10. The smallest absolute Gasteiger partial charge is 0.243 e. The first-order valence-corrected chi connectivity index (χ1v) is 12.1. The summed E-state index contributed by atoms with van der Waals surface area (Å²) in [4.78, 5) is 4.66. The molecule has 1 atom stereocenters. The van der Waals surface area contributed by atoms with Crippen LogP contribution in [0.15, 0.2) is 40.2 Å². The van der Waals surface area contributed by atoms with E-state index < -0.39 is 10.0 Å². The molecule has 168 valence electrons. The number of nitrogens with zero attached hydrogens (tertiary/aromatic N) is 2. The second-order valence-electron chi connectivity index (χ2n) is 8.24. The zero-order valence-corrected chi connectivity index (χ0v) is 18.5. The third-order valence-corrected chi connectivity index (χ3v) is 8.11. The Balaban J connectivity index is 1.44. The summed E-state index contributed by atoms with van der Waals surface area (Å²) in [5, 5.41) is 16.1. The Labute approximate surface area is 179 Å². The fourth-order valence-electron chi connectivity index (χ4n) is 4.14. The van der Waals surface area contributed by atoms with Gasteiger partial charge in [0.2, 0.25) is 10.0 Å². The van der Waals surface area contributed by atoms with Crippen molar-refractivity contribution in [1.82, 2.24) is 14.9 Å². The first kappa shape index (κ1) is 23.0. The number of aliphatic hydroxyl groups is 1. The van der Waals surface area contributed by atoms with Gasteiger partial charge in [-0.15, -0.1) is 0 Å². The van der Waals surface area contributed by atoms with E-state index in [0.717, 1.165) is 38.4 Å². The molecular formula is C21H34N4O4S. The van der Waals surface area contributed by atoms with E-state index in [1.54, 1.807) is 35.6 Å². The number of hydrogen-bond acceptors (Lipinski definition) is 5. The average Bonchev–Trinajstić information content (AvgIpc) is 3.24. The van der Waals surface area contributed by atoms with Crippen molar-refractivity contribution in [3.05, 3.63) is 30.3 Å². The summed E-state index contributed by atoms with van der Waals surface area (Å²) in [7, 11) is -1.66. The lowest BCUT2D eigenvalue weighted by atomic mass is 9.84. The van der Waals surface area contributed by atoms with Crippen LogP contribution >= 0.6 is 0 Å². The van der Waals surface area contributed by atoms with Crippen LogP contribution in [0.25, 0.3) is 0 Å². The van der Waals surface area contributed by atoms with Crippen LogP contribution in [-0.4, -0.2) is 76.8 Å². The second-order valence-corrected chi connectivity index (χ2v) is 10.2. The summed E-state index contributed by atoms with van der Waals surface area (Å²) in [5.41, 5.74) is -0.0382. The van der Waals surface area contributed by atoms with E-state index in [9.17, 15) is 13.5 Å². The monoisotopic (exact) mass is 438 g/mol. The van der Waals surface area contributed by atoms with Gasteiger partial charge in [0.1, 0.15) is 0 Å². The summed E-state index contributed by atoms with van der Waals surface area (Å²) in [6, 6.07) is 8.63. The summed E-state index contributed by atoms with van der Waals surface area (Å²) >= 11 is 0. The highest BCUT2D eigenvalue weighted by atomic mass is 32.2. The predicted octanol–water partition coefficient (Wildman–Crippen LogP) is 1.04. The average molecular weight is 439 g/mol. The highest BCUT2D eigenvalue weighted by Crippen LogP contribution is 2.31. The van der Waals surface area contributed by atoms with Crippen LogP contribution in [0.5, 0.6) is 0 Å². The van der Waals surface area contributed by atoms with E-state index in [1.165, 1.54) is 0 Å². The van der Waals surface area contributed by atoms with Crippen LogP contribution < -0.4 is 10.6 Å². The Hall–Kier alpha value is -1.68. The third kappa shape index (κ3) is 5.72. The molecule has 1 aromatic rings. The third-order valence-electron chi connectivity index (χ3n) is 6.19. The van der Waals surface area contributed by atoms with Gasteiger partial charge >= 0.3 is 0 Å². The molecule has 3 rings (SSSR count). The summed E-state index contributed by atoms with van der Waals surface area (Å²) in [5.74, 6) is 1.13. The van der Waals surface area contributed by atoms with Crippen molar-refractivity contribution >= 4 is 16.0 Å². The lowest BCUT2D eigenvalue weighted by molar-refractivity contribution is 0.127. The molecule has 8 nitrogen and oxygen atoms in total. The fourth-order valence-corrected chi connectivity index (χ4v) is 5.63. The van der Waals surface area contributed by atoms with Crippen molar-refractivity contribution in [2.24, 2.45) is 16.3 Å². The van der Waals surface area contributed by atoms with Crippen LogP contribution in [0.4, 0.5) is 0 Å². The van der Waals surface area contributed by atoms with Crippen molar-refractivity contribution in [2.45, 2.75) is 30.6 Å². The van der Waals surface area contributed by atoms with Gasteiger partial charge in [-0.3, -0.25) is 4.99 Å². The number of sulfonamides is 1. The zero-order valence-electron chi connectivity index (χ0n) is 17.7. The second kappa shape index (κ2) is 10.6. The molecule has 0 amide bonds. The standard InChI is InChI=1S/C21H34N4O4S/c1-22-20(24-16-21(9-13-26)10-14-29-17-21)23-15-18-7-11-25(12-8-18)30(27,28)19-5-3-2-4-6-19/h2-6,18,26H,7-17H2,1H3,(H2,22,23,24). The molecule has 0 radical (unpaired) electrons. The van der Waals surface area contributed by atoms with E-state index in [1.807, 2.05) is 6.07 Å². The number of aliphatic imine (C=N–C) groups is 1. The van der Waals surface area contributed by atoms with Crippen LogP contribution in [-0.2, 0) is 14.8 Å². The molecule has 3 N–H and O–H groups in total. The van der Waals surface area contributed by atoms with Gasteiger partial charge in [-0.25, -0.2) is 8.42 Å². The molecule has 2 aliphatic heterocycles. The molecule has 1 aromatic carbocycles. The van der Waals surface area contributed by atoms with Gasteiger partial charge in [0.05, 0.1) is 11.5 Å². The van der Waals surface area contributed by atoms with Crippen molar-refractivity contribution in [3.8, 4) is 0 Å². The van der Waals surface area contributed by atoms with Gasteiger partial charge in [0, 0.05) is 51.9 Å². The Morgan fingerprint density at radius 3 is 2.60 bits per heavy atom. The highest BCUT2D eigenvalue weighted by molar-refractivity contribution is 7.89. The van der Waals surface area contributed by atoms with Crippen molar-refractivity contribution in [1.29, 1.82) is 0 Å². The Morgan fingerprint density at radius 1 is 1.27 bits per heavy atom. The molecule has 0 aliphatic carbocycles. The molecule has 2 heterocycles. The molecule has 2 saturated heterocycles. The first-order chi connectivity index (χ1) is 14.5. The zero-order chi connectivity index (χ0) is 21.5. The number of aliphatic hydroxyl groups excluding tert-OH is 1. The summed E-state index contributed by atoms with van der Waals surface area (Å²) < 4.78 is 32.6. The quantitative estimate of drug-likeness (QED) is 0.414. The largest absolute Gasteiger partial charge is 0.396 e. The van der Waals surface area contributed by atoms with Crippen LogP contribution in [0.2, 0.25) is 0 Å². The van der Waals surface area contributed by atoms with Crippen LogP contribution in [0.1, 0.15) is 25.7 Å². The number of ether oxygens (including phenoxy) is 1. The van der Waals surface area contributed by atoms with Crippen LogP contribution in [0, 0.1) is 11.3 Å². The minimum atomic E-state index is -3.41. The summed E-state index contributed by atoms with van der Waals surface area (Å²) in [6.45, 7) is 4.08. The maximum absolute atomic E-state index is 12.8. The molecular weight excluding hydrogens is 404 g/mol. The molecule has 0 spiro atoms. The molecule has 0 bridgehead atoms. The normalized spacial score (nSPS) is 24.1. The van der Waals surface area contributed by atoms with Crippen molar-refractivity contribution in [3.63, 3.8) is 0 Å². The number of guanidine groups is 1. The molecule has 30 heavy (non-hydrogen) atoms. The first-order valence-electron chi connectivity index (χ1n) is 10.7. The molecule has 1 unspecified atom stereocenters. The maximum atomic E-state index is 12.8. The Bertz CT molecular complexity index is 786. The molecule has 2 aliphatic rings. The SMILES string of the molecule is CN=C(NCC1CCN(S(=O)(=O)c2ccccc2)CC1)NCC1(CCO)CCOC1. The van der Waals surface area contributed by atoms with Gasteiger partial charge in [0.25, 0.3) is 0 Å². The van der Waals surface area contributed by atoms with Gasteiger partial charge in [-0.1, -0.05) is 18.2 Å². The number of benzene rings is 1. The highest BCUT2D eigenvalue weighted by Gasteiger charge is 2.34. The number of nitrogens with one attached hydrogen (secondary N) is 2. The van der Waals surface area contributed by atoms with E-state index in [0.29, 0.717) is 43.5 Å². The predicted molar refractivity (Wildman–Crippen MR) is 117 cm³/mol. The van der Waals surface area contributed by atoms with Crippen LogP contribution in [0.3, 0.4) is 0 Å². The van der Waals surface area contributed by atoms with Gasteiger partial charge < -0.3 is 20.5 Å². The van der Waals surface area contributed by atoms with Gasteiger partial charge in [-0.05, 0) is 43.7 Å². The van der Waals surface area contributed by atoms with E-state index >= 15 is 0 Å². The molecule has 2 fully saturated rings. The van der Waals surface area contributed by atoms with E-state index in [4.69, 9.17) is 4.74 Å². The summed E-state index contributed by atoms with van der Waals surface area (Å²) in [6.07, 6.45) is 3.29. The fraction of sp³-hybridized carbons (Fsp3) is 0.667. The van der Waals surface area contributed by atoms with E-state index in [2.05, 4.69) is 15.6 Å². The Morgan fingerprint density at radius 2 is 2.00 bits per heavy atom. The topological polar surface area (TPSA) is 103 Å². The van der Waals surface area contributed by atoms with Crippen molar-refractivity contribution in [2.75, 3.05) is 53.0 Å². The number of rotatable bonds is 8. The maximum Gasteiger partial charge on any atom is 0.243 e. The van der Waals surface area contributed by atoms with Gasteiger partial charge in [-0.2, -0.15) is 4.31 Å². The lowest BCUT2D eigenvalue weighted by Gasteiger charge is -2.32. The minimum Gasteiger partial charge on any atom is -0.396 e. The van der Waals surface area contributed by atoms with E-state index in [-0.39, 0.29) is 12.0 Å². The molecule has 0 aromatic heterocycles. The van der Waals surface area contributed by atoms with Crippen molar-refractivity contribution < 1.29 is 18.3 Å². The number of hydrogen-bond donors (Lipinski definition) is 3. The number of piperidine rings is 1. The molecule has 9 heteroatoms. The minimum absolute atomic E-state index is 0.0382. The molecule has 0 saturated carbocycles. The van der Waals surface area contributed by atoms with Gasteiger partial charge in [0.15, 0.2) is 5.96 Å².